The van der Waals surface area contributed by atoms with Crippen molar-refractivity contribution in [1.29, 1.82) is 0 Å². The Balaban J connectivity index is 1.53. The van der Waals surface area contributed by atoms with Crippen LogP contribution < -0.4 is 14.2 Å². The van der Waals surface area contributed by atoms with Crippen molar-refractivity contribution in [3.05, 3.63) is 53.3 Å². The molecule has 2 aliphatic heterocycles. The van der Waals surface area contributed by atoms with E-state index in [-0.39, 0.29) is 18.6 Å². The van der Waals surface area contributed by atoms with Gasteiger partial charge in [0.2, 0.25) is 12.5 Å². The normalized spacial score (nSPS) is 18.3. The van der Waals surface area contributed by atoms with Gasteiger partial charge in [0.05, 0.1) is 7.11 Å². The Hall–Kier alpha value is -2.99. The Morgan fingerprint density at radius 1 is 1.25 bits per heavy atom. The first-order valence-corrected chi connectivity index (χ1v) is 9.37. The third kappa shape index (κ3) is 2.64. The number of hydrogen-bond donors (Lipinski definition) is 0. The molecule has 2 aliphatic rings. The lowest BCUT2D eigenvalue weighted by molar-refractivity contribution is 0.0900. The van der Waals surface area contributed by atoms with E-state index >= 15 is 0 Å². The molecule has 1 atom stereocenters. The maximum absolute atomic E-state index is 13.1. The molecule has 0 bridgehead atoms. The lowest BCUT2D eigenvalue weighted by Crippen LogP contribution is -2.34. The highest BCUT2D eigenvalue weighted by atomic mass is 16.7. The summed E-state index contributed by atoms with van der Waals surface area (Å²) in [6.45, 7) is 1.04. The predicted octanol–water partition coefficient (Wildman–Crippen LogP) is 3.97. The standard InChI is InChI=1S/C22H21NO5/c1-23-8-7-14-10-19-21(27-12-26-19)22(25-2)20(14)15(23)11-16(24)18-9-13-5-3-4-6-17(13)28-18/h3-6,9-10,15H,7-8,11-12H2,1-2H3/t15-/m0/s1. The molecule has 6 heteroatoms. The van der Waals surface area contributed by atoms with Crippen LogP contribution in [0, 0.1) is 0 Å². The maximum atomic E-state index is 13.1. The maximum Gasteiger partial charge on any atom is 0.231 e. The van der Waals surface area contributed by atoms with Crippen molar-refractivity contribution in [1.82, 2.24) is 4.90 Å². The molecular formula is C22H21NO5. The Morgan fingerprint density at radius 2 is 2.11 bits per heavy atom. The number of nitrogens with zero attached hydrogens (tertiary/aromatic N) is 1. The molecule has 0 N–H and O–H groups in total. The van der Waals surface area contributed by atoms with Crippen LogP contribution in [0.1, 0.15) is 34.1 Å². The highest BCUT2D eigenvalue weighted by Crippen LogP contribution is 2.50. The van der Waals surface area contributed by atoms with Gasteiger partial charge in [-0.2, -0.15) is 0 Å². The molecule has 28 heavy (non-hydrogen) atoms. The van der Waals surface area contributed by atoms with Gasteiger partial charge < -0.3 is 18.6 Å². The minimum absolute atomic E-state index is 0.0272. The number of ether oxygens (including phenoxy) is 3. The second kappa shape index (κ2) is 6.56. The number of hydrogen-bond acceptors (Lipinski definition) is 6. The van der Waals surface area contributed by atoms with Crippen LogP contribution in [0.3, 0.4) is 0 Å². The van der Waals surface area contributed by atoms with E-state index in [0.29, 0.717) is 29.4 Å². The van der Waals surface area contributed by atoms with Gasteiger partial charge in [-0.15, -0.1) is 0 Å². The fourth-order valence-corrected chi connectivity index (χ4v) is 4.18. The monoisotopic (exact) mass is 379 g/mol. The summed E-state index contributed by atoms with van der Waals surface area (Å²) in [5.41, 5.74) is 2.87. The van der Waals surface area contributed by atoms with E-state index in [1.54, 1.807) is 7.11 Å². The van der Waals surface area contributed by atoms with Crippen LogP contribution >= 0.6 is 0 Å². The second-order valence-corrected chi connectivity index (χ2v) is 7.24. The summed E-state index contributed by atoms with van der Waals surface area (Å²) in [6.07, 6.45) is 1.17. The molecule has 0 fully saturated rings. The number of Topliss-reactive ketones (excluding diaryl/α,β-unsaturated/α-hetero) is 1. The Labute approximate surface area is 162 Å². The second-order valence-electron chi connectivity index (χ2n) is 7.24. The van der Waals surface area contributed by atoms with Gasteiger partial charge in [-0.05, 0) is 37.2 Å². The zero-order valence-corrected chi connectivity index (χ0v) is 15.9. The van der Waals surface area contributed by atoms with E-state index in [1.165, 1.54) is 0 Å². The van der Waals surface area contributed by atoms with E-state index in [9.17, 15) is 4.79 Å². The van der Waals surface area contributed by atoms with Crippen molar-refractivity contribution in [3.63, 3.8) is 0 Å². The summed E-state index contributed by atoms with van der Waals surface area (Å²) in [7, 11) is 3.66. The number of furan rings is 1. The molecule has 0 spiro atoms. The number of benzene rings is 2. The molecule has 0 unspecified atom stereocenters. The minimum atomic E-state index is -0.117. The SMILES string of the molecule is COc1c2c(cc3c1[C@H](CC(=O)c1cc4ccccc4o1)N(C)CC3)OCO2. The van der Waals surface area contributed by atoms with Crippen LogP contribution in [0.5, 0.6) is 17.2 Å². The topological polar surface area (TPSA) is 61.1 Å². The average Bonchev–Trinajstić information content (AvgIpc) is 3.34. The lowest BCUT2D eigenvalue weighted by Gasteiger charge is -2.35. The number of rotatable bonds is 4. The largest absolute Gasteiger partial charge is 0.492 e. The summed E-state index contributed by atoms with van der Waals surface area (Å²) in [5, 5.41) is 0.934. The van der Waals surface area contributed by atoms with Crippen LogP contribution in [-0.2, 0) is 6.42 Å². The Kier molecular flexibility index (Phi) is 4.02. The first-order valence-electron chi connectivity index (χ1n) is 9.37. The minimum Gasteiger partial charge on any atom is -0.492 e. The molecule has 0 amide bonds. The molecule has 1 aromatic heterocycles. The van der Waals surface area contributed by atoms with Gasteiger partial charge in [-0.3, -0.25) is 9.69 Å². The van der Waals surface area contributed by atoms with Crippen molar-refractivity contribution in [2.75, 3.05) is 27.5 Å². The van der Waals surface area contributed by atoms with Crippen LogP contribution in [0.15, 0.2) is 40.8 Å². The number of para-hydroxylation sites is 1. The third-order valence-corrected chi connectivity index (χ3v) is 5.63. The Bertz CT molecular complexity index is 1040. The number of methoxy groups -OCH3 is 1. The van der Waals surface area contributed by atoms with E-state index in [2.05, 4.69) is 4.90 Å². The highest BCUT2D eigenvalue weighted by molar-refractivity contribution is 5.98. The number of carbonyl (C=O) groups is 1. The Morgan fingerprint density at radius 3 is 2.93 bits per heavy atom. The van der Waals surface area contributed by atoms with Gasteiger partial charge in [-0.1, -0.05) is 18.2 Å². The van der Waals surface area contributed by atoms with Gasteiger partial charge in [-0.25, -0.2) is 0 Å². The van der Waals surface area contributed by atoms with Crippen LogP contribution in [-0.4, -0.2) is 38.2 Å². The summed E-state index contributed by atoms with van der Waals surface area (Å²) in [6, 6.07) is 11.4. The van der Waals surface area contributed by atoms with Gasteiger partial charge >= 0.3 is 0 Å². The number of fused-ring (bicyclic) bond motifs is 3. The molecule has 2 aromatic carbocycles. The molecular weight excluding hydrogens is 358 g/mol. The third-order valence-electron chi connectivity index (χ3n) is 5.63. The van der Waals surface area contributed by atoms with Crippen LogP contribution in [0.4, 0.5) is 0 Å². The first-order chi connectivity index (χ1) is 13.7. The van der Waals surface area contributed by atoms with E-state index in [4.69, 9.17) is 18.6 Å². The summed E-state index contributed by atoms with van der Waals surface area (Å²) in [5.74, 6) is 2.36. The number of ketones is 1. The molecule has 0 saturated heterocycles. The van der Waals surface area contributed by atoms with E-state index in [1.807, 2.05) is 43.4 Å². The van der Waals surface area contributed by atoms with E-state index in [0.717, 1.165) is 35.1 Å². The van der Waals surface area contributed by atoms with E-state index < -0.39 is 0 Å². The predicted molar refractivity (Wildman–Crippen MR) is 103 cm³/mol. The zero-order chi connectivity index (χ0) is 19.3. The fraction of sp³-hybridized carbons (Fsp3) is 0.318. The van der Waals surface area contributed by atoms with Gasteiger partial charge in [0.15, 0.2) is 23.0 Å². The molecule has 3 aromatic rings. The first kappa shape index (κ1) is 17.1. The lowest BCUT2D eigenvalue weighted by atomic mass is 9.88. The molecule has 0 aliphatic carbocycles. The highest BCUT2D eigenvalue weighted by Gasteiger charge is 2.35. The van der Waals surface area contributed by atoms with Gasteiger partial charge in [0.25, 0.3) is 0 Å². The molecule has 3 heterocycles. The van der Waals surface area contributed by atoms with Crippen molar-refractivity contribution in [3.8, 4) is 17.2 Å². The van der Waals surface area contributed by atoms with Crippen molar-refractivity contribution in [2.45, 2.75) is 18.9 Å². The smallest absolute Gasteiger partial charge is 0.231 e. The number of carbonyl (C=O) groups excluding carboxylic acids is 1. The summed E-state index contributed by atoms with van der Waals surface area (Å²) >= 11 is 0. The van der Waals surface area contributed by atoms with Crippen molar-refractivity contribution < 1.29 is 23.4 Å². The summed E-state index contributed by atoms with van der Waals surface area (Å²) < 4.78 is 22.7. The number of likely N-dealkylation sites (N-methyl/N-ethyl adjacent to an activating group) is 1. The molecule has 0 radical (unpaired) electrons. The van der Waals surface area contributed by atoms with Crippen molar-refractivity contribution in [2.24, 2.45) is 0 Å². The van der Waals surface area contributed by atoms with Crippen LogP contribution in [0.25, 0.3) is 11.0 Å². The molecule has 6 nitrogen and oxygen atoms in total. The van der Waals surface area contributed by atoms with Crippen LogP contribution in [0.2, 0.25) is 0 Å². The van der Waals surface area contributed by atoms with Crippen molar-refractivity contribution >= 4 is 16.8 Å². The zero-order valence-electron chi connectivity index (χ0n) is 15.9. The van der Waals surface area contributed by atoms with Gasteiger partial charge in [0.1, 0.15) is 5.58 Å². The molecule has 144 valence electrons. The average molecular weight is 379 g/mol. The fourth-order valence-electron chi connectivity index (χ4n) is 4.18. The molecule has 5 rings (SSSR count). The molecule has 0 saturated carbocycles. The van der Waals surface area contributed by atoms with Gasteiger partial charge in [0, 0.05) is 30.0 Å². The summed E-state index contributed by atoms with van der Waals surface area (Å²) in [4.78, 5) is 15.2. The quantitative estimate of drug-likeness (QED) is 0.639.